The van der Waals surface area contributed by atoms with Crippen molar-refractivity contribution in [2.24, 2.45) is 0 Å². The van der Waals surface area contributed by atoms with Crippen molar-refractivity contribution in [3.8, 4) is 5.69 Å². The summed E-state index contributed by atoms with van der Waals surface area (Å²) in [5.41, 5.74) is 3.48. The minimum atomic E-state index is 0.232. The van der Waals surface area contributed by atoms with Crippen LogP contribution in [0.4, 0.5) is 0 Å². The summed E-state index contributed by atoms with van der Waals surface area (Å²) in [7, 11) is 0. The van der Waals surface area contributed by atoms with Crippen molar-refractivity contribution in [1.29, 1.82) is 0 Å². The molecule has 0 radical (unpaired) electrons. The first-order valence-electron chi connectivity index (χ1n) is 5.51. The lowest BCUT2D eigenvalue weighted by Crippen LogP contribution is -1.93. The molecule has 3 heteroatoms. The van der Waals surface area contributed by atoms with E-state index in [1.807, 2.05) is 17.1 Å². The number of benzene rings is 1. The average molecular weight is 216 g/mol. The molecule has 0 aliphatic rings. The van der Waals surface area contributed by atoms with Gasteiger partial charge in [-0.25, -0.2) is 4.68 Å². The zero-order valence-corrected chi connectivity index (χ0v) is 9.43. The molecule has 1 N–H and O–H groups in total. The normalized spacial score (nSPS) is 10.6. The van der Waals surface area contributed by atoms with Crippen LogP contribution in [0.15, 0.2) is 36.7 Å². The van der Waals surface area contributed by atoms with Crippen LogP contribution in [0, 0.1) is 6.92 Å². The van der Waals surface area contributed by atoms with Gasteiger partial charge in [-0.1, -0.05) is 17.7 Å². The Kier molecular flexibility index (Phi) is 3.37. The molecule has 0 spiro atoms. The number of nitrogens with zero attached hydrogens (tertiary/aromatic N) is 2. The summed E-state index contributed by atoms with van der Waals surface area (Å²) in [6.07, 6.45) is 5.54. The maximum Gasteiger partial charge on any atom is 0.0645 e. The molecule has 0 fully saturated rings. The fraction of sp³-hybridized carbons (Fsp3) is 0.308. The summed E-state index contributed by atoms with van der Waals surface area (Å²) in [4.78, 5) is 0. The van der Waals surface area contributed by atoms with E-state index in [0.717, 1.165) is 24.1 Å². The van der Waals surface area contributed by atoms with E-state index in [-0.39, 0.29) is 6.61 Å². The van der Waals surface area contributed by atoms with Gasteiger partial charge in [0.2, 0.25) is 0 Å². The van der Waals surface area contributed by atoms with Crippen LogP contribution in [-0.2, 0) is 6.42 Å². The monoisotopic (exact) mass is 216 g/mol. The van der Waals surface area contributed by atoms with Crippen molar-refractivity contribution in [2.45, 2.75) is 19.8 Å². The van der Waals surface area contributed by atoms with Gasteiger partial charge >= 0.3 is 0 Å². The molecule has 0 unspecified atom stereocenters. The van der Waals surface area contributed by atoms with Crippen LogP contribution in [-0.4, -0.2) is 21.5 Å². The lowest BCUT2D eigenvalue weighted by Gasteiger charge is -2.00. The van der Waals surface area contributed by atoms with Crippen LogP contribution in [0.25, 0.3) is 5.69 Å². The Morgan fingerprint density at radius 1 is 1.25 bits per heavy atom. The smallest absolute Gasteiger partial charge is 0.0645 e. The highest BCUT2D eigenvalue weighted by molar-refractivity contribution is 5.33. The molecule has 0 saturated heterocycles. The highest BCUT2D eigenvalue weighted by atomic mass is 16.2. The average Bonchev–Trinajstić information content (AvgIpc) is 2.76. The number of aromatic nitrogens is 2. The third-order valence-corrected chi connectivity index (χ3v) is 2.56. The fourth-order valence-corrected chi connectivity index (χ4v) is 1.61. The molecule has 0 aliphatic heterocycles. The van der Waals surface area contributed by atoms with E-state index < -0.39 is 0 Å². The lowest BCUT2D eigenvalue weighted by molar-refractivity contribution is 0.288. The zero-order chi connectivity index (χ0) is 11.4. The molecule has 0 bridgehead atoms. The minimum Gasteiger partial charge on any atom is -0.396 e. The third kappa shape index (κ3) is 2.49. The quantitative estimate of drug-likeness (QED) is 0.850. The van der Waals surface area contributed by atoms with Crippen LogP contribution in [0.1, 0.15) is 17.5 Å². The summed E-state index contributed by atoms with van der Waals surface area (Å²) in [6.45, 7) is 2.30. The molecule has 0 atom stereocenters. The number of rotatable bonds is 4. The van der Waals surface area contributed by atoms with Gasteiger partial charge in [-0.05, 0) is 37.5 Å². The van der Waals surface area contributed by atoms with Gasteiger partial charge in [0, 0.05) is 12.8 Å². The molecule has 0 aliphatic carbocycles. The largest absolute Gasteiger partial charge is 0.396 e. The Labute approximate surface area is 95.3 Å². The van der Waals surface area contributed by atoms with E-state index in [1.165, 1.54) is 5.56 Å². The van der Waals surface area contributed by atoms with Gasteiger partial charge in [0.05, 0.1) is 11.9 Å². The summed E-state index contributed by atoms with van der Waals surface area (Å²) in [5, 5.41) is 13.1. The first-order chi connectivity index (χ1) is 7.79. The molecule has 0 amide bonds. The van der Waals surface area contributed by atoms with Gasteiger partial charge in [-0.3, -0.25) is 0 Å². The van der Waals surface area contributed by atoms with Gasteiger partial charge in [0.25, 0.3) is 0 Å². The van der Waals surface area contributed by atoms with Gasteiger partial charge in [0.15, 0.2) is 0 Å². The predicted octanol–water partition coefficient (Wildman–Crippen LogP) is 2.11. The Morgan fingerprint density at radius 3 is 2.69 bits per heavy atom. The van der Waals surface area contributed by atoms with Gasteiger partial charge in [0.1, 0.15) is 0 Å². The highest BCUT2D eigenvalue weighted by Gasteiger charge is 2.00. The van der Waals surface area contributed by atoms with Crippen LogP contribution >= 0.6 is 0 Å². The lowest BCUT2D eigenvalue weighted by atomic mass is 10.2. The molecule has 1 aromatic carbocycles. The molecule has 1 heterocycles. The van der Waals surface area contributed by atoms with Gasteiger partial charge < -0.3 is 5.11 Å². The fourth-order valence-electron chi connectivity index (χ4n) is 1.61. The minimum absolute atomic E-state index is 0.232. The van der Waals surface area contributed by atoms with Crippen molar-refractivity contribution in [3.05, 3.63) is 47.8 Å². The summed E-state index contributed by atoms with van der Waals surface area (Å²) < 4.78 is 1.87. The zero-order valence-electron chi connectivity index (χ0n) is 9.43. The van der Waals surface area contributed by atoms with E-state index >= 15 is 0 Å². The van der Waals surface area contributed by atoms with Crippen LogP contribution in [0.5, 0.6) is 0 Å². The SMILES string of the molecule is Cc1ccc(-n2cc(CCCO)cn2)cc1. The molecule has 0 saturated carbocycles. The van der Waals surface area contributed by atoms with Crippen molar-refractivity contribution < 1.29 is 5.11 Å². The second-order valence-electron chi connectivity index (χ2n) is 3.96. The van der Waals surface area contributed by atoms with Crippen LogP contribution in [0.3, 0.4) is 0 Å². The number of aliphatic hydroxyl groups excluding tert-OH is 1. The summed E-state index contributed by atoms with van der Waals surface area (Å²) in [6, 6.07) is 8.26. The van der Waals surface area contributed by atoms with Crippen molar-refractivity contribution >= 4 is 0 Å². The molecule has 16 heavy (non-hydrogen) atoms. The van der Waals surface area contributed by atoms with Crippen LogP contribution in [0.2, 0.25) is 0 Å². The van der Waals surface area contributed by atoms with E-state index in [2.05, 4.69) is 36.3 Å². The van der Waals surface area contributed by atoms with E-state index in [9.17, 15) is 0 Å². The maximum absolute atomic E-state index is 8.75. The van der Waals surface area contributed by atoms with Crippen molar-refractivity contribution in [3.63, 3.8) is 0 Å². The Morgan fingerprint density at radius 2 is 2.00 bits per heavy atom. The van der Waals surface area contributed by atoms with E-state index in [1.54, 1.807) is 0 Å². The number of aryl methyl sites for hydroxylation is 2. The summed E-state index contributed by atoms with van der Waals surface area (Å²) >= 11 is 0. The molecule has 2 rings (SSSR count). The highest BCUT2D eigenvalue weighted by Crippen LogP contribution is 2.10. The predicted molar refractivity (Wildman–Crippen MR) is 63.7 cm³/mol. The topological polar surface area (TPSA) is 38.0 Å². The molecule has 1 aromatic heterocycles. The summed E-state index contributed by atoms with van der Waals surface area (Å²) in [5.74, 6) is 0. The molecular weight excluding hydrogens is 200 g/mol. The Hall–Kier alpha value is -1.61. The molecule has 3 nitrogen and oxygen atoms in total. The first kappa shape index (κ1) is 10.9. The second-order valence-corrected chi connectivity index (χ2v) is 3.96. The Balaban J connectivity index is 2.15. The van der Waals surface area contributed by atoms with E-state index in [4.69, 9.17) is 5.11 Å². The van der Waals surface area contributed by atoms with E-state index in [0.29, 0.717) is 0 Å². The van der Waals surface area contributed by atoms with Gasteiger partial charge in [-0.15, -0.1) is 0 Å². The number of hydrogen-bond donors (Lipinski definition) is 1. The molecular formula is C13H16N2O. The standard InChI is InChI=1S/C13H16N2O/c1-11-4-6-13(7-5-11)15-10-12(9-14-15)3-2-8-16/h4-7,9-10,16H,2-3,8H2,1H3. The third-order valence-electron chi connectivity index (χ3n) is 2.56. The van der Waals surface area contributed by atoms with Gasteiger partial charge in [-0.2, -0.15) is 5.10 Å². The number of aliphatic hydroxyl groups is 1. The Bertz CT molecular complexity index is 445. The maximum atomic E-state index is 8.75. The number of hydrogen-bond acceptors (Lipinski definition) is 2. The molecule has 84 valence electrons. The van der Waals surface area contributed by atoms with Crippen molar-refractivity contribution in [1.82, 2.24) is 9.78 Å². The second kappa shape index (κ2) is 4.94. The van der Waals surface area contributed by atoms with Crippen LogP contribution < -0.4 is 0 Å². The first-order valence-corrected chi connectivity index (χ1v) is 5.51. The molecule has 2 aromatic rings. The van der Waals surface area contributed by atoms with Crippen molar-refractivity contribution in [2.75, 3.05) is 6.61 Å².